The monoisotopic (exact) mass is 243 g/mol. The molecule has 0 bridgehead atoms. The summed E-state index contributed by atoms with van der Waals surface area (Å²) in [6, 6.07) is 0. The molecule has 0 aromatic heterocycles. The number of hydrogen-bond acceptors (Lipinski definition) is 4. The number of methoxy groups -OCH3 is 1. The van der Waals surface area contributed by atoms with Crippen LogP contribution in [0.1, 0.15) is 13.8 Å². The maximum Gasteiger partial charge on any atom is 0.236 e. The van der Waals surface area contributed by atoms with Gasteiger partial charge in [-0.15, -0.1) is 0 Å². The summed E-state index contributed by atoms with van der Waals surface area (Å²) in [6.45, 7) is 8.66. The average molecular weight is 243 g/mol. The number of carbonyl (C=O) groups excluding carboxylic acids is 1. The van der Waals surface area contributed by atoms with Gasteiger partial charge in [-0.2, -0.15) is 0 Å². The summed E-state index contributed by atoms with van der Waals surface area (Å²) in [5, 5.41) is 3.24. The van der Waals surface area contributed by atoms with Crippen molar-refractivity contribution in [3.63, 3.8) is 0 Å². The Hall–Kier alpha value is -0.650. The van der Waals surface area contributed by atoms with Crippen molar-refractivity contribution < 1.29 is 9.53 Å². The zero-order valence-corrected chi connectivity index (χ0v) is 11.5. The summed E-state index contributed by atoms with van der Waals surface area (Å²) in [7, 11) is 3.76. The van der Waals surface area contributed by atoms with Gasteiger partial charge in [0.25, 0.3) is 0 Å². The third kappa shape index (κ3) is 5.02. The molecule has 5 heteroatoms. The van der Waals surface area contributed by atoms with Gasteiger partial charge in [0, 0.05) is 38.8 Å². The highest BCUT2D eigenvalue weighted by atomic mass is 16.5. The van der Waals surface area contributed by atoms with Gasteiger partial charge in [-0.25, -0.2) is 0 Å². The predicted molar refractivity (Wildman–Crippen MR) is 68.0 cm³/mol. The molecule has 5 nitrogen and oxygen atoms in total. The second kappa shape index (κ2) is 6.33. The van der Waals surface area contributed by atoms with E-state index < -0.39 is 0 Å². The number of rotatable bonds is 5. The van der Waals surface area contributed by atoms with Crippen molar-refractivity contribution in [2.75, 3.05) is 53.5 Å². The van der Waals surface area contributed by atoms with Gasteiger partial charge in [0.05, 0.1) is 13.2 Å². The summed E-state index contributed by atoms with van der Waals surface area (Å²) >= 11 is 0. The van der Waals surface area contributed by atoms with Crippen molar-refractivity contribution in [2.45, 2.75) is 19.4 Å². The molecule has 0 radical (unpaired) electrons. The number of likely N-dealkylation sites (N-methyl/N-ethyl adjacent to an activating group) is 1. The zero-order valence-electron chi connectivity index (χ0n) is 11.5. The van der Waals surface area contributed by atoms with Crippen molar-refractivity contribution in [3.05, 3.63) is 0 Å². The molecule has 1 amide bonds. The molecule has 1 aliphatic heterocycles. The maximum absolute atomic E-state index is 12.0. The van der Waals surface area contributed by atoms with Crippen molar-refractivity contribution >= 4 is 5.91 Å². The number of piperazine rings is 1. The van der Waals surface area contributed by atoms with Gasteiger partial charge in [-0.05, 0) is 20.9 Å². The number of nitrogens with zero attached hydrogens (tertiary/aromatic N) is 2. The van der Waals surface area contributed by atoms with Crippen LogP contribution in [-0.4, -0.2) is 74.7 Å². The van der Waals surface area contributed by atoms with Crippen LogP contribution in [0.2, 0.25) is 0 Å². The topological polar surface area (TPSA) is 44.8 Å². The first kappa shape index (κ1) is 14.4. The van der Waals surface area contributed by atoms with E-state index in [2.05, 4.69) is 17.3 Å². The van der Waals surface area contributed by atoms with Crippen molar-refractivity contribution in [1.82, 2.24) is 15.1 Å². The number of hydrogen-bond donors (Lipinski definition) is 1. The van der Waals surface area contributed by atoms with Crippen LogP contribution in [0.15, 0.2) is 0 Å². The minimum absolute atomic E-state index is 0.156. The molecule has 1 rings (SSSR count). The molecule has 1 N–H and O–H groups in total. The van der Waals surface area contributed by atoms with Crippen LogP contribution in [0.5, 0.6) is 0 Å². The Morgan fingerprint density at radius 1 is 1.29 bits per heavy atom. The molecule has 0 aromatic carbocycles. The normalized spacial score (nSPS) is 18.5. The number of ether oxygens (including phenoxy) is 1. The lowest BCUT2D eigenvalue weighted by atomic mass is 10.1. The molecular formula is C12H25N3O2. The fourth-order valence-corrected chi connectivity index (χ4v) is 1.89. The highest BCUT2D eigenvalue weighted by Gasteiger charge is 2.22. The lowest BCUT2D eigenvalue weighted by Crippen LogP contribution is -2.53. The number of carbonyl (C=O) groups is 1. The Bertz CT molecular complexity index is 248. The first-order valence-corrected chi connectivity index (χ1v) is 6.15. The standard InChI is InChI=1S/C12H25N3O2/c1-12(2,10-17-4)13-9-11(16)15-7-5-14(3)6-8-15/h13H,5-10H2,1-4H3. The molecule has 1 fully saturated rings. The minimum atomic E-state index is -0.156. The first-order chi connectivity index (χ1) is 7.94. The van der Waals surface area contributed by atoms with E-state index in [0.717, 1.165) is 26.2 Å². The van der Waals surface area contributed by atoms with Gasteiger partial charge in [-0.3, -0.25) is 4.79 Å². The molecule has 1 heterocycles. The van der Waals surface area contributed by atoms with Crippen molar-refractivity contribution in [2.24, 2.45) is 0 Å². The minimum Gasteiger partial charge on any atom is -0.383 e. The van der Waals surface area contributed by atoms with E-state index in [1.54, 1.807) is 7.11 Å². The Kier molecular flexibility index (Phi) is 5.36. The molecule has 1 aliphatic rings. The molecule has 0 spiro atoms. The maximum atomic E-state index is 12.0. The lowest BCUT2D eigenvalue weighted by molar-refractivity contribution is -0.132. The van der Waals surface area contributed by atoms with Crippen LogP contribution in [0.4, 0.5) is 0 Å². The molecule has 0 atom stereocenters. The van der Waals surface area contributed by atoms with Crippen LogP contribution in [0, 0.1) is 0 Å². The Balaban J connectivity index is 2.29. The largest absolute Gasteiger partial charge is 0.383 e. The second-order valence-corrected chi connectivity index (χ2v) is 5.35. The van der Waals surface area contributed by atoms with Gasteiger partial charge in [0.1, 0.15) is 0 Å². The van der Waals surface area contributed by atoms with E-state index in [1.165, 1.54) is 0 Å². The van der Waals surface area contributed by atoms with Crippen molar-refractivity contribution in [1.29, 1.82) is 0 Å². The zero-order chi connectivity index (χ0) is 12.9. The summed E-state index contributed by atoms with van der Waals surface area (Å²) in [5.41, 5.74) is -0.156. The summed E-state index contributed by atoms with van der Waals surface area (Å²) in [5.74, 6) is 0.183. The highest BCUT2D eigenvalue weighted by molar-refractivity contribution is 5.78. The predicted octanol–water partition coefficient (Wildman–Crippen LogP) is -0.225. The van der Waals surface area contributed by atoms with E-state index in [0.29, 0.717) is 13.2 Å². The van der Waals surface area contributed by atoms with Gasteiger partial charge in [0.2, 0.25) is 5.91 Å². The molecule has 100 valence electrons. The average Bonchev–Trinajstić information content (AvgIpc) is 2.27. The fraction of sp³-hybridized carbons (Fsp3) is 0.917. The first-order valence-electron chi connectivity index (χ1n) is 6.15. The number of nitrogens with one attached hydrogen (secondary N) is 1. The summed E-state index contributed by atoms with van der Waals surface area (Å²) in [4.78, 5) is 16.1. The van der Waals surface area contributed by atoms with Crippen molar-refractivity contribution in [3.8, 4) is 0 Å². The Morgan fingerprint density at radius 3 is 2.41 bits per heavy atom. The highest BCUT2D eigenvalue weighted by Crippen LogP contribution is 2.03. The molecule has 0 unspecified atom stereocenters. The van der Waals surface area contributed by atoms with E-state index in [4.69, 9.17) is 4.74 Å². The fourth-order valence-electron chi connectivity index (χ4n) is 1.89. The SMILES string of the molecule is COCC(C)(C)NCC(=O)N1CCN(C)CC1. The van der Waals surface area contributed by atoms with E-state index in [1.807, 2.05) is 18.7 Å². The van der Waals surface area contributed by atoms with E-state index in [9.17, 15) is 4.79 Å². The lowest BCUT2D eigenvalue weighted by Gasteiger charge is -2.33. The van der Waals surface area contributed by atoms with Crippen LogP contribution in [0.3, 0.4) is 0 Å². The van der Waals surface area contributed by atoms with Crippen LogP contribution >= 0.6 is 0 Å². The molecular weight excluding hydrogens is 218 g/mol. The molecule has 0 aromatic rings. The van der Waals surface area contributed by atoms with Crippen LogP contribution < -0.4 is 5.32 Å². The molecule has 17 heavy (non-hydrogen) atoms. The Morgan fingerprint density at radius 2 is 1.88 bits per heavy atom. The number of amides is 1. The van der Waals surface area contributed by atoms with Gasteiger partial charge in [-0.1, -0.05) is 0 Å². The quantitative estimate of drug-likeness (QED) is 0.725. The third-order valence-corrected chi connectivity index (χ3v) is 3.08. The van der Waals surface area contributed by atoms with E-state index >= 15 is 0 Å². The Labute approximate surface area is 104 Å². The molecule has 0 saturated carbocycles. The molecule has 1 saturated heterocycles. The third-order valence-electron chi connectivity index (χ3n) is 3.08. The smallest absolute Gasteiger partial charge is 0.236 e. The van der Waals surface area contributed by atoms with Crippen LogP contribution in [-0.2, 0) is 9.53 Å². The van der Waals surface area contributed by atoms with Gasteiger partial charge < -0.3 is 19.9 Å². The second-order valence-electron chi connectivity index (χ2n) is 5.35. The van der Waals surface area contributed by atoms with Gasteiger partial charge in [0.15, 0.2) is 0 Å². The van der Waals surface area contributed by atoms with Gasteiger partial charge >= 0.3 is 0 Å². The van der Waals surface area contributed by atoms with E-state index in [-0.39, 0.29) is 11.4 Å². The molecule has 0 aliphatic carbocycles. The summed E-state index contributed by atoms with van der Waals surface area (Å²) in [6.07, 6.45) is 0. The summed E-state index contributed by atoms with van der Waals surface area (Å²) < 4.78 is 5.10. The van der Waals surface area contributed by atoms with Crippen LogP contribution in [0.25, 0.3) is 0 Å².